The van der Waals surface area contributed by atoms with Gasteiger partial charge in [0, 0.05) is 22.3 Å². The van der Waals surface area contributed by atoms with E-state index in [4.69, 9.17) is 26.3 Å². The summed E-state index contributed by atoms with van der Waals surface area (Å²) in [5.74, 6) is -9.66. The van der Waals surface area contributed by atoms with Crippen LogP contribution in [0.5, 0.6) is 17.4 Å². The number of aromatic nitrogens is 3. The molecule has 0 aliphatic heterocycles. The largest absolute Gasteiger partial charge is 0.481 e. The van der Waals surface area contributed by atoms with Crippen molar-refractivity contribution < 1.29 is 35.8 Å². The number of methoxy groups -OCH3 is 1. The van der Waals surface area contributed by atoms with Gasteiger partial charge in [-0.25, -0.2) is 14.4 Å². The number of benzene rings is 1. The van der Waals surface area contributed by atoms with Crippen LogP contribution in [-0.2, 0) is 12.5 Å². The number of rotatable bonds is 6. The summed E-state index contributed by atoms with van der Waals surface area (Å²) in [4.78, 5) is 20.2. The minimum Gasteiger partial charge on any atom is -0.481 e. The van der Waals surface area contributed by atoms with Crippen molar-refractivity contribution in [3.8, 4) is 23.4 Å². The zero-order valence-corrected chi connectivity index (χ0v) is 18.5. The smallest absolute Gasteiger partial charge is 0.459 e. The number of pyridine rings is 1. The molecule has 0 unspecified atom stereocenters. The highest BCUT2D eigenvalue weighted by Gasteiger charge is 2.62. The molecule has 1 aromatic carbocycles. The van der Waals surface area contributed by atoms with Crippen molar-refractivity contribution in [2.24, 2.45) is 0 Å². The van der Waals surface area contributed by atoms with Crippen LogP contribution in [-0.4, -0.2) is 27.8 Å². The zero-order chi connectivity index (χ0) is 26.1. The van der Waals surface area contributed by atoms with Gasteiger partial charge in [-0.3, -0.25) is 9.36 Å². The molecule has 0 radical (unpaired) electrons. The summed E-state index contributed by atoms with van der Waals surface area (Å²) in [5, 5.41) is 8.68. The standard InChI is InChI=1S/C21H13ClF6N4O3/c1-10-3-4-11(18(31-10)34-2)8-32-9-30-17(20(24,25)21(26,27)28)16(19(32)33)35-14-6-13(22)5-12(7-29)15(14)23/h3-6,9H,8H2,1-2H3. The maximum atomic E-state index is 14.5. The second kappa shape index (κ2) is 9.46. The lowest BCUT2D eigenvalue weighted by Gasteiger charge is -2.22. The van der Waals surface area contributed by atoms with Crippen molar-refractivity contribution >= 4 is 11.6 Å². The molecule has 14 heteroatoms. The first kappa shape index (κ1) is 25.8. The molecule has 0 aliphatic rings. The van der Waals surface area contributed by atoms with E-state index in [2.05, 4.69) is 9.97 Å². The number of aryl methyl sites for hydroxylation is 1. The average molecular weight is 519 g/mol. The van der Waals surface area contributed by atoms with Gasteiger partial charge in [-0.05, 0) is 19.1 Å². The van der Waals surface area contributed by atoms with E-state index in [0.29, 0.717) is 22.7 Å². The van der Waals surface area contributed by atoms with Gasteiger partial charge in [-0.15, -0.1) is 0 Å². The normalized spacial score (nSPS) is 11.8. The molecule has 3 rings (SSSR count). The van der Waals surface area contributed by atoms with E-state index < -0.39 is 52.8 Å². The fraction of sp³-hybridized carbons (Fsp3) is 0.238. The Hall–Kier alpha value is -3.79. The Morgan fingerprint density at radius 3 is 2.49 bits per heavy atom. The van der Waals surface area contributed by atoms with Crippen LogP contribution in [0.3, 0.4) is 0 Å². The summed E-state index contributed by atoms with van der Waals surface area (Å²) in [6, 6.07) is 6.03. The minimum absolute atomic E-state index is 0.0589. The molecule has 0 atom stereocenters. The number of halogens is 7. The third-order valence-electron chi connectivity index (χ3n) is 4.60. The number of nitrogens with zero attached hydrogens (tertiary/aromatic N) is 4. The maximum Gasteiger partial charge on any atom is 0.459 e. The van der Waals surface area contributed by atoms with Gasteiger partial charge in [-0.2, -0.15) is 27.2 Å². The van der Waals surface area contributed by atoms with Crippen LogP contribution < -0.4 is 15.0 Å². The Labute approximate surface area is 198 Å². The molecule has 0 spiro atoms. The van der Waals surface area contributed by atoms with Crippen LogP contribution >= 0.6 is 11.6 Å². The van der Waals surface area contributed by atoms with Gasteiger partial charge >= 0.3 is 12.1 Å². The highest BCUT2D eigenvalue weighted by atomic mass is 35.5. The monoisotopic (exact) mass is 518 g/mol. The fourth-order valence-electron chi connectivity index (χ4n) is 2.90. The summed E-state index contributed by atoms with van der Waals surface area (Å²) in [7, 11) is 1.28. The molecule has 0 amide bonds. The Morgan fingerprint density at radius 2 is 1.89 bits per heavy atom. The predicted octanol–water partition coefficient (Wildman–Crippen LogP) is 5.11. The first-order valence-electron chi connectivity index (χ1n) is 9.42. The number of nitriles is 1. The minimum atomic E-state index is -6.16. The van der Waals surface area contributed by atoms with E-state index in [1.807, 2.05) is 0 Å². The molecule has 3 aromatic rings. The van der Waals surface area contributed by atoms with Crippen LogP contribution in [0.15, 0.2) is 35.4 Å². The Kier molecular flexibility index (Phi) is 6.98. The fourth-order valence-corrected chi connectivity index (χ4v) is 3.11. The summed E-state index contributed by atoms with van der Waals surface area (Å²) in [5.41, 5.74) is -3.50. The van der Waals surface area contributed by atoms with Crippen LogP contribution in [0.2, 0.25) is 5.02 Å². The molecule has 0 fully saturated rings. The van der Waals surface area contributed by atoms with Crippen molar-refractivity contribution in [2.45, 2.75) is 25.6 Å². The zero-order valence-electron chi connectivity index (χ0n) is 17.8. The topological polar surface area (TPSA) is 90.0 Å². The van der Waals surface area contributed by atoms with Gasteiger partial charge in [0.25, 0.3) is 5.56 Å². The van der Waals surface area contributed by atoms with Crippen molar-refractivity contribution in [3.05, 3.63) is 74.3 Å². The van der Waals surface area contributed by atoms with Crippen LogP contribution in [0.25, 0.3) is 0 Å². The van der Waals surface area contributed by atoms with Crippen LogP contribution in [0.4, 0.5) is 26.3 Å². The molecule has 0 saturated heterocycles. The molecular formula is C21H13ClF6N4O3. The number of hydrogen-bond acceptors (Lipinski definition) is 6. The highest BCUT2D eigenvalue weighted by Crippen LogP contribution is 2.46. The number of hydrogen-bond donors (Lipinski definition) is 0. The summed E-state index contributed by atoms with van der Waals surface area (Å²) >= 11 is 5.75. The predicted molar refractivity (Wildman–Crippen MR) is 109 cm³/mol. The van der Waals surface area contributed by atoms with E-state index in [0.717, 1.165) is 6.07 Å². The third-order valence-corrected chi connectivity index (χ3v) is 4.82. The van der Waals surface area contributed by atoms with Gasteiger partial charge in [0.1, 0.15) is 6.07 Å². The highest BCUT2D eigenvalue weighted by molar-refractivity contribution is 6.30. The van der Waals surface area contributed by atoms with Crippen molar-refractivity contribution in [2.75, 3.05) is 7.11 Å². The van der Waals surface area contributed by atoms with Crippen molar-refractivity contribution in [1.82, 2.24) is 14.5 Å². The first-order valence-corrected chi connectivity index (χ1v) is 9.80. The maximum absolute atomic E-state index is 14.5. The lowest BCUT2D eigenvalue weighted by Crippen LogP contribution is -2.37. The number of ether oxygens (including phenoxy) is 2. The van der Waals surface area contributed by atoms with E-state index in [1.165, 1.54) is 19.2 Å². The van der Waals surface area contributed by atoms with Gasteiger partial charge in [0.05, 0.1) is 25.5 Å². The molecule has 35 heavy (non-hydrogen) atoms. The molecule has 0 bridgehead atoms. The molecule has 2 heterocycles. The van der Waals surface area contributed by atoms with Crippen molar-refractivity contribution in [1.29, 1.82) is 5.26 Å². The SMILES string of the molecule is COc1nc(C)ccc1Cn1cnc(C(F)(F)C(F)(F)F)c(Oc2cc(Cl)cc(C#N)c2F)c1=O. The summed E-state index contributed by atoms with van der Waals surface area (Å²) in [6.07, 6.45) is -5.70. The van der Waals surface area contributed by atoms with Crippen molar-refractivity contribution in [3.63, 3.8) is 0 Å². The lowest BCUT2D eigenvalue weighted by atomic mass is 10.2. The van der Waals surface area contributed by atoms with Gasteiger partial charge < -0.3 is 9.47 Å². The van der Waals surface area contributed by atoms with Gasteiger partial charge in [0.2, 0.25) is 11.6 Å². The van der Waals surface area contributed by atoms with E-state index in [-0.39, 0.29) is 16.5 Å². The summed E-state index contributed by atoms with van der Waals surface area (Å²) < 4.78 is 93.0. The Morgan fingerprint density at radius 1 is 1.20 bits per heavy atom. The average Bonchev–Trinajstić information content (AvgIpc) is 2.78. The first-order chi connectivity index (χ1) is 16.3. The van der Waals surface area contributed by atoms with E-state index in [9.17, 15) is 31.1 Å². The molecule has 184 valence electrons. The Balaban J connectivity index is 2.23. The number of alkyl halides is 5. The van der Waals surface area contributed by atoms with Crippen LogP contribution in [0.1, 0.15) is 22.5 Å². The van der Waals surface area contributed by atoms with Gasteiger partial charge in [0.15, 0.2) is 17.3 Å². The lowest BCUT2D eigenvalue weighted by molar-refractivity contribution is -0.291. The Bertz CT molecular complexity index is 1390. The van der Waals surface area contributed by atoms with E-state index >= 15 is 0 Å². The molecular weight excluding hydrogens is 506 g/mol. The third kappa shape index (κ3) is 5.02. The van der Waals surface area contributed by atoms with Gasteiger partial charge in [-0.1, -0.05) is 17.7 Å². The summed E-state index contributed by atoms with van der Waals surface area (Å²) in [6.45, 7) is 1.23. The van der Waals surface area contributed by atoms with Crippen LogP contribution in [0, 0.1) is 24.1 Å². The molecule has 0 N–H and O–H groups in total. The van der Waals surface area contributed by atoms with E-state index in [1.54, 1.807) is 13.0 Å². The quantitative estimate of drug-likeness (QED) is 0.421. The molecule has 2 aromatic heterocycles. The molecule has 0 saturated carbocycles. The second-order valence-electron chi connectivity index (χ2n) is 7.03. The molecule has 0 aliphatic carbocycles. The second-order valence-corrected chi connectivity index (χ2v) is 7.46. The molecule has 7 nitrogen and oxygen atoms in total.